The molecule has 0 aromatic heterocycles. The molecule has 1 N–H and O–H groups in total. The maximum Gasteiger partial charge on any atom is 0.133 e. The molecule has 0 aliphatic carbocycles. The van der Waals surface area contributed by atoms with Crippen LogP contribution in [0.5, 0.6) is 0 Å². The second kappa shape index (κ2) is 4.32. The van der Waals surface area contributed by atoms with Gasteiger partial charge in [0.1, 0.15) is 11.7 Å². The van der Waals surface area contributed by atoms with Crippen LogP contribution in [0.25, 0.3) is 0 Å². The van der Waals surface area contributed by atoms with Crippen molar-refractivity contribution in [3.05, 3.63) is 47.9 Å². The first-order chi connectivity index (χ1) is 7.97. The molecule has 1 aliphatic heterocycles. The molecule has 0 saturated carbocycles. The van der Waals surface area contributed by atoms with Gasteiger partial charge in [-0.05, 0) is 35.8 Å². The first-order valence-electron chi connectivity index (χ1n) is 5.74. The average Bonchev–Trinajstić information content (AvgIpc) is 2.29. The smallest absolute Gasteiger partial charge is 0.133 e. The molecule has 0 amide bonds. The maximum absolute atomic E-state index is 12.8. The van der Waals surface area contributed by atoms with Crippen molar-refractivity contribution in [2.24, 2.45) is 10.4 Å². The van der Waals surface area contributed by atoms with Gasteiger partial charge in [0.15, 0.2) is 0 Å². The molecule has 3 heteroatoms. The normalized spacial score (nSPS) is 19.8. The van der Waals surface area contributed by atoms with Gasteiger partial charge in [0.05, 0.1) is 6.04 Å². The fraction of sp³-hybridized carbons (Fsp3) is 0.357. The van der Waals surface area contributed by atoms with Crippen molar-refractivity contribution in [1.29, 1.82) is 0 Å². The number of amidine groups is 1. The Morgan fingerprint density at radius 2 is 1.82 bits per heavy atom. The monoisotopic (exact) mass is 232 g/mol. The molecular formula is C14H17FN2. The molecule has 0 saturated heterocycles. The zero-order valence-electron chi connectivity index (χ0n) is 10.4. The minimum absolute atomic E-state index is 0.123. The summed E-state index contributed by atoms with van der Waals surface area (Å²) < 4.78 is 12.8. The molecule has 0 radical (unpaired) electrons. The van der Waals surface area contributed by atoms with E-state index in [4.69, 9.17) is 0 Å². The zero-order chi connectivity index (χ0) is 12.5. The van der Waals surface area contributed by atoms with E-state index in [0.717, 1.165) is 11.4 Å². The second-order valence-electron chi connectivity index (χ2n) is 5.31. The van der Waals surface area contributed by atoms with Gasteiger partial charge in [-0.15, -0.1) is 0 Å². The van der Waals surface area contributed by atoms with Gasteiger partial charge in [-0.1, -0.05) is 20.8 Å². The Kier molecular flexibility index (Phi) is 3.01. The van der Waals surface area contributed by atoms with Gasteiger partial charge in [-0.2, -0.15) is 0 Å². The lowest BCUT2D eigenvalue weighted by atomic mass is 9.86. The minimum atomic E-state index is -0.229. The lowest BCUT2D eigenvalue weighted by Crippen LogP contribution is -2.44. The summed E-state index contributed by atoms with van der Waals surface area (Å²) in [4.78, 5) is 4.30. The van der Waals surface area contributed by atoms with E-state index in [9.17, 15) is 4.39 Å². The number of aliphatic imine (C=N–C) groups is 1. The number of rotatable bonds is 1. The van der Waals surface area contributed by atoms with Crippen LogP contribution in [0.2, 0.25) is 0 Å². The van der Waals surface area contributed by atoms with Crippen LogP contribution >= 0.6 is 0 Å². The lowest BCUT2D eigenvalue weighted by molar-refractivity contribution is 0.341. The highest BCUT2D eigenvalue weighted by molar-refractivity contribution is 5.99. The molecule has 90 valence electrons. The minimum Gasteiger partial charge on any atom is -0.363 e. The summed E-state index contributed by atoms with van der Waals surface area (Å²) >= 11 is 0. The molecule has 1 unspecified atom stereocenters. The topological polar surface area (TPSA) is 24.4 Å². The predicted octanol–water partition coefficient (Wildman–Crippen LogP) is 3.10. The number of nitrogens with zero attached hydrogens (tertiary/aromatic N) is 1. The fourth-order valence-electron chi connectivity index (χ4n) is 1.71. The first kappa shape index (κ1) is 11.8. The van der Waals surface area contributed by atoms with Crippen LogP contribution in [0.1, 0.15) is 26.3 Å². The maximum atomic E-state index is 12.8. The van der Waals surface area contributed by atoms with E-state index in [2.05, 4.69) is 31.1 Å². The van der Waals surface area contributed by atoms with Crippen molar-refractivity contribution in [1.82, 2.24) is 5.32 Å². The van der Waals surface area contributed by atoms with E-state index in [0.29, 0.717) is 0 Å². The molecule has 1 heterocycles. The Morgan fingerprint density at radius 3 is 2.41 bits per heavy atom. The third-order valence-electron chi connectivity index (χ3n) is 2.83. The van der Waals surface area contributed by atoms with Crippen molar-refractivity contribution in [2.75, 3.05) is 0 Å². The third kappa shape index (κ3) is 2.73. The summed E-state index contributed by atoms with van der Waals surface area (Å²) in [5.41, 5.74) is 1.03. The second-order valence-corrected chi connectivity index (χ2v) is 5.31. The molecule has 1 aromatic carbocycles. The lowest BCUT2D eigenvalue weighted by Gasteiger charge is -2.31. The molecular weight excluding hydrogens is 215 g/mol. The summed E-state index contributed by atoms with van der Waals surface area (Å²) in [5.74, 6) is 0.570. The number of nitrogens with one attached hydrogen (secondary N) is 1. The molecule has 0 spiro atoms. The highest BCUT2D eigenvalue weighted by atomic mass is 19.1. The zero-order valence-corrected chi connectivity index (χ0v) is 10.4. The summed E-state index contributed by atoms with van der Waals surface area (Å²) in [6.45, 7) is 6.51. The molecule has 0 bridgehead atoms. The Balaban J connectivity index is 2.21. The number of halogens is 1. The Hall–Kier alpha value is -1.64. The Morgan fingerprint density at radius 1 is 1.18 bits per heavy atom. The summed E-state index contributed by atoms with van der Waals surface area (Å²) in [6, 6.07) is 6.61. The number of hydrogen-bond donors (Lipinski definition) is 1. The third-order valence-corrected chi connectivity index (χ3v) is 2.83. The number of benzene rings is 1. The van der Waals surface area contributed by atoms with Crippen molar-refractivity contribution in [3.63, 3.8) is 0 Å². The van der Waals surface area contributed by atoms with Crippen LogP contribution in [0, 0.1) is 11.2 Å². The summed E-state index contributed by atoms with van der Waals surface area (Å²) in [6.07, 6.45) is 3.86. The molecule has 1 aliphatic rings. The SMILES string of the molecule is CC(C)(C)C1C=CN=C(c2ccc(F)cc2)N1. The van der Waals surface area contributed by atoms with Crippen molar-refractivity contribution in [2.45, 2.75) is 26.8 Å². The van der Waals surface area contributed by atoms with Gasteiger partial charge in [0.2, 0.25) is 0 Å². The van der Waals surface area contributed by atoms with Crippen LogP contribution in [-0.2, 0) is 0 Å². The van der Waals surface area contributed by atoms with Crippen molar-refractivity contribution >= 4 is 5.84 Å². The number of hydrogen-bond acceptors (Lipinski definition) is 2. The fourth-order valence-corrected chi connectivity index (χ4v) is 1.71. The van der Waals surface area contributed by atoms with Crippen LogP contribution in [0.15, 0.2) is 41.5 Å². The molecule has 17 heavy (non-hydrogen) atoms. The molecule has 1 atom stereocenters. The summed E-state index contributed by atoms with van der Waals surface area (Å²) in [5, 5.41) is 3.37. The van der Waals surface area contributed by atoms with Gasteiger partial charge in [0.25, 0.3) is 0 Å². The molecule has 2 rings (SSSR count). The van der Waals surface area contributed by atoms with Crippen molar-refractivity contribution < 1.29 is 4.39 Å². The van der Waals surface area contributed by atoms with Crippen molar-refractivity contribution in [3.8, 4) is 0 Å². The van der Waals surface area contributed by atoms with E-state index < -0.39 is 0 Å². The van der Waals surface area contributed by atoms with E-state index in [1.807, 2.05) is 12.3 Å². The summed E-state index contributed by atoms with van der Waals surface area (Å²) in [7, 11) is 0. The predicted molar refractivity (Wildman–Crippen MR) is 68.5 cm³/mol. The van der Waals surface area contributed by atoms with Gasteiger partial charge < -0.3 is 5.32 Å². The Labute approximate surface area is 101 Å². The largest absolute Gasteiger partial charge is 0.363 e. The average molecular weight is 232 g/mol. The molecule has 1 aromatic rings. The van der Waals surface area contributed by atoms with Gasteiger partial charge in [-0.25, -0.2) is 9.38 Å². The van der Waals surface area contributed by atoms with Crippen LogP contribution in [0.3, 0.4) is 0 Å². The van der Waals surface area contributed by atoms with Gasteiger partial charge >= 0.3 is 0 Å². The standard InChI is InChI=1S/C14H17FN2/c1-14(2,3)12-8-9-16-13(17-12)10-4-6-11(15)7-5-10/h4-9,12H,1-3H3,(H,16,17). The molecule has 2 nitrogen and oxygen atoms in total. The van der Waals surface area contributed by atoms with Crippen LogP contribution in [-0.4, -0.2) is 11.9 Å². The van der Waals surface area contributed by atoms with E-state index >= 15 is 0 Å². The van der Waals surface area contributed by atoms with E-state index in [-0.39, 0.29) is 17.3 Å². The van der Waals surface area contributed by atoms with Crippen LogP contribution in [0.4, 0.5) is 4.39 Å². The van der Waals surface area contributed by atoms with Crippen LogP contribution < -0.4 is 5.32 Å². The first-order valence-corrected chi connectivity index (χ1v) is 5.74. The highest BCUT2D eigenvalue weighted by Gasteiger charge is 2.25. The van der Waals surface area contributed by atoms with E-state index in [1.54, 1.807) is 12.1 Å². The quantitative estimate of drug-likeness (QED) is 0.790. The molecule has 0 fully saturated rings. The Bertz CT molecular complexity index is 452. The van der Waals surface area contributed by atoms with E-state index in [1.165, 1.54) is 12.1 Å². The van der Waals surface area contributed by atoms with Gasteiger partial charge in [-0.3, -0.25) is 0 Å². The van der Waals surface area contributed by atoms with Gasteiger partial charge in [0, 0.05) is 11.8 Å². The highest BCUT2D eigenvalue weighted by Crippen LogP contribution is 2.22.